The van der Waals surface area contributed by atoms with Crippen molar-refractivity contribution in [3.8, 4) is 0 Å². The third kappa shape index (κ3) is 5.23. The predicted molar refractivity (Wildman–Crippen MR) is 82.1 cm³/mol. The van der Waals surface area contributed by atoms with E-state index in [4.69, 9.17) is 5.11 Å². The predicted octanol–water partition coefficient (Wildman–Crippen LogP) is 2.46. The van der Waals surface area contributed by atoms with Gasteiger partial charge >= 0.3 is 12.0 Å². The third-order valence-corrected chi connectivity index (χ3v) is 4.97. The Bertz CT molecular complexity index is 355. The normalized spacial score (nSPS) is 24.2. The Labute approximate surface area is 125 Å². The fourth-order valence-electron chi connectivity index (χ4n) is 2.49. The lowest BCUT2D eigenvalue weighted by Crippen LogP contribution is -2.52. The first-order valence-electron chi connectivity index (χ1n) is 7.05. The van der Waals surface area contributed by atoms with Crippen molar-refractivity contribution in [1.82, 2.24) is 10.6 Å². The summed E-state index contributed by atoms with van der Waals surface area (Å²) in [5.41, 5.74) is -0.287. The molecule has 0 bridgehead atoms. The first kappa shape index (κ1) is 17.1. The molecule has 0 radical (unpaired) electrons. The Morgan fingerprint density at radius 3 is 2.50 bits per heavy atom. The molecule has 3 atom stereocenters. The number of amides is 2. The average Bonchev–Trinajstić information content (AvgIpc) is 2.73. The van der Waals surface area contributed by atoms with E-state index < -0.39 is 5.97 Å². The molecule has 0 aromatic heterocycles. The van der Waals surface area contributed by atoms with E-state index in [2.05, 4.69) is 16.9 Å². The maximum absolute atomic E-state index is 12.1. The SMILES string of the molecule is CSC1CCCC1NC(=O)NC(CC(=O)O)C(C)(C)C. The molecule has 0 aromatic carbocycles. The summed E-state index contributed by atoms with van der Waals surface area (Å²) in [4.78, 5) is 23.0. The van der Waals surface area contributed by atoms with Gasteiger partial charge in [0.05, 0.1) is 6.42 Å². The molecular formula is C14H26N2O3S. The van der Waals surface area contributed by atoms with Gasteiger partial charge in [0.1, 0.15) is 0 Å². The topological polar surface area (TPSA) is 78.4 Å². The lowest BCUT2D eigenvalue weighted by molar-refractivity contribution is -0.138. The molecule has 3 N–H and O–H groups in total. The molecule has 3 unspecified atom stereocenters. The highest BCUT2D eigenvalue weighted by Gasteiger charge is 2.31. The number of rotatable bonds is 5. The van der Waals surface area contributed by atoms with Gasteiger partial charge in [0.2, 0.25) is 0 Å². The van der Waals surface area contributed by atoms with E-state index in [1.807, 2.05) is 20.8 Å². The molecule has 1 aliphatic carbocycles. The molecule has 0 heterocycles. The highest BCUT2D eigenvalue weighted by molar-refractivity contribution is 7.99. The van der Waals surface area contributed by atoms with Gasteiger partial charge in [-0.15, -0.1) is 0 Å². The van der Waals surface area contributed by atoms with E-state index in [0.717, 1.165) is 19.3 Å². The fourth-order valence-corrected chi connectivity index (χ4v) is 3.42. The van der Waals surface area contributed by atoms with Crippen LogP contribution in [0.1, 0.15) is 46.5 Å². The number of carbonyl (C=O) groups is 2. The van der Waals surface area contributed by atoms with Gasteiger partial charge in [-0.2, -0.15) is 11.8 Å². The van der Waals surface area contributed by atoms with Crippen molar-refractivity contribution in [2.24, 2.45) is 5.41 Å². The first-order chi connectivity index (χ1) is 9.24. The van der Waals surface area contributed by atoms with Crippen LogP contribution in [0.25, 0.3) is 0 Å². The zero-order valence-corrected chi connectivity index (χ0v) is 13.5. The number of carboxylic acid groups (broad SMARTS) is 1. The van der Waals surface area contributed by atoms with E-state index in [1.54, 1.807) is 11.8 Å². The van der Waals surface area contributed by atoms with Crippen LogP contribution in [-0.4, -0.2) is 40.7 Å². The lowest BCUT2D eigenvalue weighted by Gasteiger charge is -2.31. The van der Waals surface area contributed by atoms with Crippen molar-refractivity contribution < 1.29 is 14.7 Å². The van der Waals surface area contributed by atoms with Crippen LogP contribution in [0.4, 0.5) is 4.79 Å². The Morgan fingerprint density at radius 1 is 1.35 bits per heavy atom. The Morgan fingerprint density at radius 2 is 2.00 bits per heavy atom. The summed E-state index contributed by atoms with van der Waals surface area (Å²) in [6.07, 6.45) is 5.26. The molecule has 0 saturated heterocycles. The largest absolute Gasteiger partial charge is 0.481 e. The minimum Gasteiger partial charge on any atom is -0.481 e. The van der Waals surface area contributed by atoms with Crippen LogP contribution in [0.2, 0.25) is 0 Å². The Hall–Kier alpha value is -0.910. The highest BCUT2D eigenvalue weighted by atomic mass is 32.2. The molecule has 20 heavy (non-hydrogen) atoms. The molecule has 1 fully saturated rings. The van der Waals surface area contributed by atoms with Crippen molar-refractivity contribution in [3.63, 3.8) is 0 Å². The van der Waals surface area contributed by atoms with Crippen LogP contribution >= 0.6 is 11.8 Å². The zero-order valence-electron chi connectivity index (χ0n) is 12.7. The number of hydrogen-bond donors (Lipinski definition) is 3. The number of carbonyl (C=O) groups excluding carboxylic acids is 1. The third-order valence-electron chi connectivity index (χ3n) is 3.80. The summed E-state index contributed by atoms with van der Waals surface area (Å²) in [5, 5.41) is 15.2. The summed E-state index contributed by atoms with van der Waals surface area (Å²) in [7, 11) is 0. The second kappa shape index (κ2) is 7.20. The van der Waals surface area contributed by atoms with Crippen molar-refractivity contribution in [1.29, 1.82) is 0 Å². The number of thioether (sulfide) groups is 1. The summed E-state index contributed by atoms with van der Waals surface area (Å²) in [6.45, 7) is 5.80. The summed E-state index contributed by atoms with van der Waals surface area (Å²) in [5.74, 6) is -0.895. The number of hydrogen-bond acceptors (Lipinski definition) is 3. The lowest BCUT2D eigenvalue weighted by atomic mass is 9.85. The maximum Gasteiger partial charge on any atom is 0.315 e. The van der Waals surface area contributed by atoms with Crippen molar-refractivity contribution >= 4 is 23.8 Å². The molecule has 1 saturated carbocycles. The van der Waals surface area contributed by atoms with Crippen LogP contribution in [0.15, 0.2) is 0 Å². The molecule has 116 valence electrons. The van der Waals surface area contributed by atoms with Gasteiger partial charge in [-0.05, 0) is 24.5 Å². The van der Waals surface area contributed by atoms with Crippen LogP contribution in [0.5, 0.6) is 0 Å². The molecule has 2 amide bonds. The molecule has 1 rings (SSSR count). The molecule has 1 aliphatic rings. The standard InChI is InChI=1S/C14H26N2O3S/c1-14(2,3)11(8-12(17)18)16-13(19)15-9-6-5-7-10(9)20-4/h9-11H,5-8H2,1-4H3,(H,17,18)(H2,15,16,19). The Balaban J connectivity index is 2.55. The maximum atomic E-state index is 12.1. The van der Waals surface area contributed by atoms with Gasteiger partial charge in [-0.1, -0.05) is 27.2 Å². The van der Waals surface area contributed by atoms with Gasteiger partial charge in [0, 0.05) is 17.3 Å². The molecule has 5 nitrogen and oxygen atoms in total. The van der Waals surface area contributed by atoms with E-state index in [1.165, 1.54) is 0 Å². The second-order valence-electron chi connectivity index (χ2n) is 6.45. The summed E-state index contributed by atoms with van der Waals surface area (Å²) in [6, 6.07) is -0.443. The van der Waals surface area contributed by atoms with Crippen molar-refractivity contribution in [2.75, 3.05) is 6.26 Å². The number of aliphatic carboxylic acids is 1. The van der Waals surface area contributed by atoms with Gasteiger partial charge in [0.25, 0.3) is 0 Å². The Kier molecular flexibility index (Phi) is 6.17. The van der Waals surface area contributed by atoms with Gasteiger partial charge in [-0.3, -0.25) is 4.79 Å². The second-order valence-corrected chi connectivity index (χ2v) is 7.52. The number of urea groups is 1. The summed E-state index contributed by atoms with van der Waals surface area (Å²) < 4.78 is 0. The minimum atomic E-state index is -0.895. The molecule has 0 spiro atoms. The van der Waals surface area contributed by atoms with Crippen LogP contribution in [0.3, 0.4) is 0 Å². The van der Waals surface area contributed by atoms with Crippen LogP contribution < -0.4 is 10.6 Å². The first-order valence-corrected chi connectivity index (χ1v) is 8.34. The fraction of sp³-hybridized carbons (Fsp3) is 0.857. The zero-order chi connectivity index (χ0) is 15.3. The molecule has 0 aromatic rings. The monoisotopic (exact) mass is 302 g/mol. The van der Waals surface area contributed by atoms with Gasteiger partial charge < -0.3 is 15.7 Å². The van der Waals surface area contributed by atoms with E-state index in [0.29, 0.717) is 5.25 Å². The molecule has 6 heteroatoms. The molecule has 0 aliphatic heterocycles. The van der Waals surface area contributed by atoms with Crippen molar-refractivity contribution in [2.45, 2.75) is 63.8 Å². The summed E-state index contributed by atoms with van der Waals surface area (Å²) >= 11 is 1.78. The molecular weight excluding hydrogens is 276 g/mol. The van der Waals surface area contributed by atoms with Gasteiger partial charge in [-0.25, -0.2) is 4.79 Å². The number of nitrogens with one attached hydrogen (secondary N) is 2. The van der Waals surface area contributed by atoms with Crippen molar-refractivity contribution in [3.05, 3.63) is 0 Å². The van der Waals surface area contributed by atoms with Crippen LogP contribution in [0, 0.1) is 5.41 Å². The minimum absolute atomic E-state index is 0.0620. The van der Waals surface area contributed by atoms with E-state index in [9.17, 15) is 9.59 Å². The highest BCUT2D eigenvalue weighted by Crippen LogP contribution is 2.28. The average molecular weight is 302 g/mol. The quantitative estimate of drug-likeness (QED) is 0.729. The van der Waals surface area contributed by atoms with E-state index >= 15 is 0 Å². The smallest absolute Gasteiger partial charge is 0.315 e. The van der Waals surface area contributed by atoms with Gasteiger partial charge in [0.15, 0.2) is 0 Å². The number of carboxylic acids is 1. The van der Waals surface area contributed by atoms with Crippen LogP contribution in [-0.2, 0) is 4.79 Å². The van der Waals surface area contributed by atoms with E-state index in [-0.39, 0.29) is 30.0 Å².